The van der Waals surface area contributed by atoms with Crippen LogP contribution in [-0.4, -0.2) is 34.5 Å². The molecule has 0 radical (unpaired) electrons. The summed E-state index contributed by atoms with van der Waals surface area (Å²) in [6.45, 7) is 5.65. The summed E-state index contributed by atoms with van der Waals surface area (Å²) < 4.78 is 17.0. The van der Waals surface area contributed by atoms with Crippen LogP contribution in [0.15, 0.2) is 0 Å². The summed E-state index contributed by atoms with van der Waals surface area (Å²) in [4.78, 5) is 0. The molecule has 1 aliphatic heterocycles. The van der Waals surface area contributed by atoms with Crippen molar-refractivity contribution in [3.05, 3.63) is 0 Å². The fraction of sp³-hybridized carbons (Fsp3) is 1.00. The molecule has 0 saturated carbocycles. The highest BCUT2D eigenvalue weighted by atomic mass is 32.2. The molecule has 4 heteroatoms. The van der Waals surface area contributed by atoms with E-state index in [1.165, 1.54) is 0 Å². The van der Waals surface area contributed by atoms with Crippen LogP contribution in [0.4, 0.5) is 0 Å². The third-order valence-electron chi connectivity index (χ3n) is 2.95. The second kappa shape index (κ2) is 5.83. The molecule has 0 aliphatic carbocycles. The van der Waals surface area contributed by atoms with E-state index in [0.717, 1.165) is 26.1 Å². The molecular formula is C10H21NO2S. The Kier molecular flexibility index (Phi) is 5.06. The summed E-state index contributed by atoms with van der Waals surface area (Å²) in [6.07, 6.45) is 1.99. The molecule has 0 bridgehead atoms. The lowest BCUT2D eigenvalue weighted by molar-refractivity contribution is 0.182. The van der Waals surface area contributed by atoms with E-state index in [1.807, 2.05) is 6.92 Å². The summed E-state index contributed by atoms with van der Waals surface area (Å²) >= 11 is 0. The van der Waals surface area contributed by atoms with E-state index in [1.54, 1.807) is 0 Å². The summed E-state index contributed by atoms with van der Waals surface area (Å²) in [5.74, 6) is 1.05. The molecule has 1 saturated heterocycles. The quantitative estimate of drug-likeness (QED) is 0.747. The van der Waals surface area contributed by atoms with Gasteiger partial charge in [-0.05, 0) is 12.8 Å². The number of hydrogen-bond acceptors (Lipinski definition) is 3. The summed E-state index contributed by atoms with van der Waals surface area (Å²) in [5.41, 5.74) is 6.00. The van der Waals surface area contributed by atoms with Crippen molar-refractivity contribution in [3.8, 4) is 0 Å². The third-order valence-corrected chi connectivity index (χ3v) is 4.90. The molecular weight excluding hydrogens is 198 g/mol. The Morgan fingerprint density at radius 2 is 2.36 bits per heavy atom. The smallest absolute Gasteiger partial charge is 0.0510 e. The Balaban J connectivity index is 2.31. The van der Waals surface area contributed by atoms with Crippen LogP contribution in [0, 0.1) is 5.92 Å². The lowest BCUT2D eigenvalue weighted by atomic mass is 10.0. The molecule has 4 atom stereocenters. The van der Waals surface area contributed by atoms with Gasteiger partial charge in [0.2, 0.25) is 0 Å². The van der Waals surface area contributed by atoms with Gasteiger partial charge in [-0.1, -0.05) is 13.8 Å². The number of rotatable bonds is 5. The average Bonchev–Trinajstić information content (AvgIpc) is 2.69. The molecule has 1 aliphatic rings. The predicted octanol–water partition coefficient (Wildman–Crippen LogP) is 0.897. The number of ether oxygens (including phenoxy) is 1. The monoisotopic (exact) mass is 219 g/mol. The van der Waals surface area contributed by atoms with Crippen molar-refractivity contribution in [2.24, 2.45) is 11.7 Å². The Hall–Kier alpha value is 0.0700. The SMILES string of the molecule is CCC(C)S(=O)CC(N)C1CCOC1. The van der Waals surface area contributed by atoms with E-state index in [4.69, 9.17) is 10.5 Å². The lowest BCUT2D eigenvalue weighted by Crippen LogP contribution is -2.37. The Bertz CT molecular complexity index is 193. The van der Waals surface area contributed by atoms with Crippen LogP contribution in [0.1, 0.15) is 26.7 Å². The summed E-state index contributed by atoms with van der Waals surface area (Å²) in [5, 5.41) is 0.267. The first kappa shape index (κ1) is 12.1. The highest BCUT2D eigenvalue weighted by Gasteiger charge is 2.25. The fourth-order valence-corrected chi connectivity index (χ4v) is 2.92. The zero-order valence-corrected chi connectivity index (χ0v) is 9.89. The largest absolute Gasteiger partial charge is 0.381 e. The van der Waals surface area contributed by atoms with Crippen LogP contribution in [0.5, 0.6) is 0 Å². The molecule has 0 aromatic carbocycles. The van der Waals surface area contributed by atoms with Gasteiger partial charge < -0.3 is 10.5 Å². The maximum atomic E-state index is 11.7. The van der Waals surface area contributed by atoms with E-state index in [-0.39, 0.29) is 11.3 Å². The topological polar surface area (TPSA) is 52.3 Å². The Morgan fingerprint density at radius 1 is 1.64 bits per heavy atom. The van der Waals surface area contributed by atoms with E-state index in [9.17, 15) is 4.21 Å². The van der Waals surface area contributed by atoms with Crippen molar-refractivity contribution in [3.63, 3.8) is 0 Å². The van der Waals surface area contributed by atoms with Gasteiger partial charge >= 0.3 is 0 Å². The molecule has 2 N–H and O–H groups in total. The average molecular weight is 219 g/mol. The van der Waals surface area contributed by atoms with Crippen molar-refractivity contribution in [1.29, 1.82) is 0 Å². The Morgan fingerprint density at radius 3 is 2.86 bits per heavy atom. The normalized spacial score (nSPS) is 28.6. The minimum atomic E-state index is -0.771. The second-order valence-electron chi connectivity index (χ2n) is 4.05. The van der Waals surface area contributed by atoms with Gasteiger partial charge in [0.15, 0.2) is 0 Å². The van der Waals surface area contributed by atoms with Gasteiger partial charge in [-0.15, -0.1) is 0 Å². The third kappa shape index (κ3) is 3.33. The molecule has 84 valence electrons. The van der Waals surface area contributed by atoms with Crippen molar-refractivity contribution in [2.45, 2.75) is 38.0 Å². The van der Waals surface area contributed by atoms with E-state index in [0.29, 0.717) is 11.7 Å². The minimum absolute atomic E-state index is 0.0485. The zero-order chi connectivity index (χ0) is 10.6. The predicted molar refractivity (Wildman–Crippen MR) is 59.7 cm³/mol. The first-order valence-electron chi connectivity index (χ1n) is 5.35. The molecule has 3 nitrogen and oxygen atoms in total. The number of hydrogen-bond donors (Lipinski definition) is 1. The standard InChI is InChI=1S/C10H21NO2S/c1-3-8(2)14(12)7-10(11)9-4-5-13-6-9/h8-10H,3-7,11H2,1-2H3. The van der Waals surface area contributed by atoms with Crippen molar-refractivity contribution in [2.75, 3.05) is 19.0 Å². The highest BCUT2D eigenvalue weighted by molar-refractivity contribution is 7.85. The Labute approximate surface area is 88.8 Å². The van der Waals surface area contributed by atoms with E-state index in [2.05, 4.69) is 6.92 Å². The van der Waals surface area contributed by atoms with Gasteiger partial charge in [-0.2, -0.15) is 0 Å². The summed E-state index contributed by atoms with van der Waals surface area (Å²) in [7, 11) is -0.771. The maximum absolute atomic E-state index is 11.7. The molecule has 1 fully saturated rings. The molecule has 4 unspecified atom stereocenters. The van der Waals surface area contributed by atoms with Crippen LogP contribution in [0.25, 0.3) is 0 Å². The first-order chi connectivity index (χ1) is 6.65. The van der Waals surface area contributed by atoms with Gasteiger partial charge in [0.25, 0.3) is 0 Å². The molecule has 0 spiro atoms. The van der Waals surface area contributed by atoms with Crippen LogP contribution >= 0.6 is 0 Å². The molecule has 0 amide bonds. The van der Waals surface area contributed by atoms with Crippen molar-refractivity contribution in [1.82, 2.24) is 0 Å². The fourth-order valence-electron chi connectivity index (χ4n) is 1.57. The summed E-state index contributed by atoms with van der Waals surface area (Å²) in [6, 6.07) is 0.0485. The van der Waals surface area contributed by atoms with Crippen LogP contribution in [-0.2, 0) is 15.5 Å². The second-order valence-corrected chi connectivity index (χ2v) is 5.95. The first-order valence-corrected chi connectivity index (χ1v) is 6.73. The van der Waals surface area contributed by atoms with Crippen LogP contribution in [0.3, 0.4) is 0 Å². The number of nitrogens with two attached hydrogens (primary N) is 1. The lowest BCUT2D eigenvalue weighted by Gasteiger charge is -2.18. The molecule has 14 heavy (non-hydrogen) atoms. The minimum Gasteiger partial charge on any atom is -0.381 e. The molecule has 0 aromatic heterocycles. The van der Waals surface area contributed by atoms with Gasteiger partial charge in [-0.3, -0.25) is 4.21 Å². The molecule has 1 rings (SSSR count). The van der Waals surface area contributed by atoms with E-state index >= 15 is 0 Å². The maximum Gasteiger partial charge on any atom is 0.0510 e. The van der Waals surface area contributed by atoms with Gasteiger partial charge in [0.1, 0.15) is 0 Å². The zero-order valence-electron chi connectivity index (χ0n) is 9.07. The van der Waals surface area contributed by atoms with Gasteiger partial charge in [0.05, 0.1) is 6.61 Å². The van der Waals surface area contributed by atoms with Gasteiger partial charge in [0, 0.05) is 40.4 Å². The van der Waals surface area contributed by atoms with Crippen molar-refractivity contribution >= 4 is 10.8 Å². The highest BCUT2D eigenvalue weighted by Crippen LogP contribution is 2.17. The van der Waals surface area contributed by atoms with Gasteiger partial charge in [-0.25, -0.2) is 0 Å². The molecule has 0 aromatic rings. The van der Waals surface area contributed by atoms with Crippen LogP contribution < -0.4 is 5.73 Å². The van der Waals surface area contributed by atoms with E-state index < -0.39 is 10.8 Å². The van der Waals surface area contributed by atoms with Crippen LogP contribution in [0.2, 0.25) is 0 Å². The molecule has 1 heterocycles. The van der Waals surface area contributed by atoms with Crippen molar-refractivity contribution < 1.29 is 8.95 Å².